The molecule has 4 heteroatoms. The Morgan fingerprint density at radius 3 is 2.17 bits per heavy atom. The summed E-state index contributed by atoms with van der Waals surface area (Å²) in [5.74, 6) is 2.53. The molecule has 2 nitrogen and oxygen atoms in total. The van der Waals surface area contributed by atoms with E-state index in [1.54, 1.807) is 11.8 Å². The minimum atomic E-state index is -2.73. The summed E-state index contributed by atoms with van der Waals surface area (Å²) in [6.45, 7) is 4.00. The number of sulfone groups is 1. The lowest BCUT2D eigenvalue weighted by Crippen LogP contribution is -2.12. The molecule has 0 amide bonds. The van der Waals surface area contributed by atoms with Gasteiger partial charge in [0, 0.05) is 11.5 Å². The molecule has 0 rings (SSSR count). The van der Waals surface area contributed by atoms with Gasteiger partial charge in [-0.3, -0.25) is 0 Å². The van der Waals surface area contributed by atoms with Gasteiger partial charge in [0.15, 0.2) is 9.84 Å². The Morgan fingerprint density at radius 1 is 1.00 bits per heavy atom. The van der Waals surface area contributed by atoms with E-state index in [0.29, 0.717) is 11.5 Å². The highest BCUT2D eigenvalue weighted by molar-refractivity contribution is 8.00. The molecule has 0 N–H and O–H groups in total. The van der Waals surface area contributed by atoms with Crippen LogP contribution in [0, 0.1) is 0 Å². The Labute approximate surface area is 80.0 Å². The van der Waals surface area contributed by atoms with Crippen molar-refractivity contribution in [3.63, 3.8) is 0 Å². The van der Waals surface area contributed by atoms with Gasteiger partial charge in [-0.15, -0.1) is 0 Å². The van der Waals surface area contributed by atoms with Gasteiger partial charge in [-0.2, -0.15) is 11.8 Å². The second-order valence-corrected chi connectivity index (χ2v) is 6.29. The molecule has 0 saturated heterocycles. The summed E-state index contributed by atoms with van der Waals surface area (Å²) in [4.78, 5) is 0. The van der Waals surface area contributed by atoms with E-state index in [9.17, 15) is 8.42 Å². The summed E-state index contributed by atoms with van der Waals surface area (Å²) in [5, 5.41) is 0. The lowest BCUT2D eigenvalue weighted by Gasteiger charge is -2.01. The first-order chi connectivity index (χ1) is 5.62. The van der Waals surface area contributed by atoms with Gasteiger partial charge in [-0.05, 0) is 18.6 Å². The maximum absolute atomic E-state index is 11.2. The topological polar surface area (TPSA) is 34.1 Å². The summed E-state index contributed by atoms with van der Waals surface area (Å²) < 4.78 is 22.4. The molecule has 0 aliphatic rings. The zero-order chi connectivity index (χ0) is 9.45. The Morgan fingerprint density at radius 2 is 1.67 bits per heavy atom. The molecule has 0 aromatic heterocycles. The molecule has 0 heterocycles. The first-order valence-corrected chi connectivity index (χ1v) is 7.38. The third-order valence-corrected chi connectivity index (χ3v) is 4.71. The van der Waals surface area contributed by atoms with Gasteiger partial charge < -0.3 is 0 Å². The number of hydrogen-bond donors (Lipinski definition) is 0. The van der Waals surface area contributed by atoms with Gasteiger partial charge in [-0.25, -0.2) is 8.42 Å². The van der Waals surface area contributed by atoms with E-state index < -0.39 is 9.84 Å². The van der Waals surface area contributed by atoms with Crippen molar-refractivity contribution in [3.05, 3.63) is 0 Å². The smallest absolute Gasteiger partial charge is 0.151 e. The van der Waals surface area contributed by atoms with Crippen molar-refractivity contribution in [2.75, 3.05) is 23.0 Å². The van der Waals surface area contributed by atoms with Crippen LogP contribution in [0.25, 0.3) is 0 Å². The van der Waals surface area contributed by atoms with E-state index in [4.69, 9.17) is 0 Å². The van der Waals surface area contributed by atoms with E-state index >= 15 is 0 Å². The van der Waals surface area contributed by atoms with Crippen LogP contribution in [0.4, 0.5) is 0 Å². The Hall–Kier alpha value is 0.300. The lowest BCUT2D eigenvalue weighted by molar-refractivity contribution is 0.596. The van der Waals surface area contributed by atoms with Crippen LogP contribution in [0.1, 0.15) is 26.7 Å². The highest BCUT2D eigenvalue weighted by Gasteiger charge is 2.07. The molecule has 0 aromatic carbocycles. The third-order valence-electron chi connectivity index (χ3n) is 1.40. The highest BCUT2D eigenvalue weighted by Crippen LogP contribution is 2.04. The van der Waals surface area contributed by atoms with Gasteiger partial charge in [-0.1, -0.05) is 13.8 Å². The van der Waals surface area contributed by atoms with Crippen LogP contribution in [-0.2, 0) is 9.84 Å². The first-order valence-electron chi connectivity index (χ1n) is 4.40. The highest BCUT2D eigenvalue weighted by atomic mass is 32.2. The lowest BCUT2D eigenvalue weighted by atomic mass is 10.6. The van der Waals surface area contributed by atoms with Crippen LogP contribution in [0.2, 0.25) is 0 Å². The second-order valence-electron chi connectivity index (χ2n) is 2.76. The number of thioether (sulfide) groups is 1. The minimum Gasteiger partial charge on any atom is -0.229 e. The fraction of sp³-hybridized carbons (Fsp3) is 1.00. The summed E-state index contributed by atoms with van der Waals surface area (Å²) in [5.41, 5.74) is 0. The first kappa shape index (κ1) is 12.3. The van der Waals surface area contributed by atoms with E-state index in [2.05, 4.69) is 6.92 Å². The molecule has 0 saturated carbocycles. The number of rotatable bonds is 7. The average Bonchev–Trinajstić information content (AvgIpc) is 1.98. The molecule has 0 aromatic rings. The molecule has 0 aliphatic heterocycles. The summed E-state index contributed by atoms with van der Waals surface area (Å²) in [6, 6.07) is 0. The van der Waals surface area contributed by atoms with Crippen LogP contribution in [0.5, 0.6) is 0 Å². The summed E-state index contributed by atoms with van der Waals surface area (Å²) in [7, 11) is -2.73. The van der Waals surface area contributed by atoms with Gasteiger partial charge in [0.2, 0.25) is 0 Å². The zero-order valence-corrected chi connectivity index (χ0v) is 9.51. The van der Waals surface area contributed by atoms with Crippen LogP contribution in [0.15, 0.2) is 0 Å². The van der Waals surface area contributed by atoms with Crippen LogP contribution < -0.4 is 0 Å². The number of hydrogen-bond acceptors (Lipinski definition) is 3. The monoisotopic (exact) mass is 210 g/mol. The zero-order valence-electron chi connectivity index (χ0n) is 7.88. The van der Waals surface area contributed by atoms with Crippen LogP contribution in [0.3, 0.4) is 0 Å². The molecule has 0 radical (unpaired) electrons. The summed E-state index contributed by atoms with van der Waals surface area (Å²) >= 11 is 1.73. The van der Waals surface area contributed by atoms with Crippen molar-refractivity contribution >= 4 is 21.6 Å². The Kier molecular flexibility index (Phi) is 6.95. The predicted octanol–water partition coefficient (Wildman–Crippen LogP) is 1.95. The predicted molar refractivity (Wildman–Crippen MR) is 56.6 cm³/mol. The van der Waals surface area contributed by atoms with Crippen LogP contribution in [-0.4, -0.2) is 31.4 Å². The quantitative estimate of drug-likeness (QED) is 0.602. The maximum Gasteiger partial charge on any atom is 0.151 e. The fourth-order valence-corrected chi connectivity index (χ4v) is 3.65. The molecule has 74 valence electrons. The van der Waals surface area contributed by atoms with Crippen molar-refractivity contribution in [3.8, 4) is 0 Å². The normalized spacial score (nSPS) is 11.8. The molecule has 0 fully saturated rings. The van der Waals surface area contributed by atoms with E-state index in [-0.39, 0.29) is 0 Å². The standard InChI is InChI=1S/C8H18O2S2/c1-3-5-11-6-8-12(9,10)7-4-2/h3-8H2,1-2H3. The van der Waals surface area contributed by atoms with Crippen molar-refractivity contribution < 1.29 is 8.42 Å². The molecular weight excluding hydrogens is 192 g/mol. The molecular formula is C8H18O2S2. The van der Waals surface area contributed by atoms with E-state index in [1.807, 2.05) is 6.92 Å². The van der Waals surface area contributed by atoms with Gasteiger partial charge in [0.1, 0.15) is 0 Å². The molecule has 12 heavy (non-hydrogen) atoms. The Balaban J connectivity index is 3.48. The summed E-state index contributed by atoms with van der Waals surface area (Å²) in [6.07, 6.45) is 1.86. The minimum absolute atomic E-state index is 0.347. The van der Waals surface area contributed by atoms with Gasteiger partial charge in [0.25, 0.3) is 0 Å². The Bertz CT molecular complexity index is 185. The van der Waals surface area contributed by atoms with Gasteiger partial charge >= 0.3 is 0 Å². The van der Waals surface area contributed by atoms with Crippen molar-refractivity contribution in [2.24, 2.45) is 0 Å². The molecule has 0 bridgehead atoms. The van der Waals surface area contributed by atoms with Crippen LogP contribution >= 0.6 is 11.8 Å². The van der Waals surface area contributed by atoms with Crippen molar-refractivity contribution in [2.45, 2.75) is 26.7 Å². The average molecular weight is 210 g/mol. The largest absolute Gasteiger partial charge is 0.229 e. The fourth-order valence-electron chi connectivity index (χ4n) is 0.845. The molecule has 0 atom stereocenters. The van der Waals surface area contributed by atoms with Crippen molar-refractivity contribution in [1.82, 2.24) is 0 Å². The molecule has 0 spiro atoms. The van der Waals surface area contributed by atoms with E-state index in [0.717, 1.165) is 24.3 Å². The molecule has 0 unspecified atom stereocenters. The third kappa shape index (κ3) is 6.98. The maximum atomic E-state index is 11.2. The molecule has 0 aliphatic carbocycles. The second kappa shape index (κ2) is 6.78. The van der Waals surface area contributed by atoms with Crippen molar-refractivity contribution in [1.29, 1.82) is 0 Å². The SMILES string of the molecule is CCCSCCS(=O)(=O)CCC. The van der Waals surface area contributed by atoms with E-state index in [1.165, 1.54) is 0 Å². The van der Waals surface area contributed by atoms with Gasteiger partial charge in [0.05, 0.1) is 5.75 Å².